The van der Waals surface area contributed by atoms with Crippen LogP contribution in [0.5, 0.6) is 0 Å². The lowest BCUT2D eigenvalue weighted by Gasteiger charge is -2.00. The van der Waals surface area contributed by atoms with Gasteiger partial charge in [0.2, 0.25) is 0 Å². The van der Waals surface area contributed by atoms with Gasteiger partial charge in [0.1, 0.15) is 0 Å². The molecular weight excluding hydrogens is 162 g/mol. The molecule has 0 radical (unpaired) electrons. The van der Waals surface area contributed by atoms with E-state index >= 15 is 0 Å². The van der Waals surface area contributed by atoms with Crippen LogP contribution in [0.2, 0.25) is 0 Å². The van der Waals surface area contributed by atoms with Gasteiger partial charge in [-0.05, 0) is 19.0 Å². The normalized spacial score (nSPS) is 10.6. The van der Waals surface area contributed by atoms with E-state index in [4.69, 9.17) is 0 Å². The Morgan fingerprint density at radius 1 is 1.46 bits per heavy atom. The average molecular weight is 181 g/mol. The van der Waals surface area contributed by atoms with Crippen molar-refractivity contribution in [2.75, 3.05) is 6.54 Å². The minimum absolute atomic E-state index is 0.893. The van der Waals surface area contributed by atoms with Gasteiger partial charge >= 0.3 is 0 Å². The van der Waals surface area contributed by atoms with Crippen molar-refractivity contribution in [2.24, 2.45) is 7.05 Å². The molecule has 0 saturated heterocycles. The standard InChI is InChI=1S/C10H19N3/c1-3-4-5-7-11-9-10-6-8-13(2)12-10/h6,8,11H,3-5,7,9H2,1-2H3. The molecule has 3 heteroatoms. The molecule has 0 amide bonds. The van der Waals surface area contributed by atoms with E-state index in [1.54, 1.807) is 0 Å². The fourth-order valence-corrected chi connectivity index (χ4v) is 1.27. The Bertz CT molecular complexity index is 230. The van der Waals surface area contributed by atoms with Crippen molar-refractivity contribution in [1.29, 1.82) is 0 Å². The number of hydrogen-bond acceptors (Lipinski definition) is 2. The molecule has 0 unspecified atom stereocenters. The van der Waals surface area contributed by atoms with E-state index in [9.17, 15) is 0 Å². The third kappa shape index (κ3) is 4.08. The number of nitrogens with zero attached hydrogens (tertiary/aromatic N) is 2. The maximum atomic E-state index is 4.28. The van der Waals surface area contributed by atoms with Crippen molar-refractivity contribution in [1.82, 2.24) is 15.1 Å². The molecule has 1 heterocycles. The highest BCUT2D eigenvalue weighted by Gasteiger charge is 1.94. The summed E-state index contributed by atoms with van der Waals surface area (Å²) in [5.74, 6) is 0. The Morgan fingerprint density at radius 2 is 2.31 bits per heavy atom. The van der Waals surface area contributed by atoms with Crippen LogP contribution in [-0.4, -0.2) is 16.3 Å². The fraction of sp³-hybridized carbons (Fsp3) is 0.700. The van der Waals surface area contributed by atoms with Crippen molar-refractivity contribution in [3.05, 3.63) is 18.0 Å². The summed E-state index contributed by atoms with van der Waals surface area (Å²) in [7, 11) is 1.95. The molecule has 1 aromatic heterocycles. The summed E-state index contributed by atoms with van der Waals surface area (Å²) >= 11 is 0. The first kappa shape index (κ1) is 10.3. The lowest BCUT2D eigenvalue weighted by molar-refractivity contribution is 0.603. The summed E-state index contributed by atoms with van der Waals surface area (Å²) in [5.41, 5.74) is 1.12. The van der Waals surface area contributed by atoms with Gasteiger partial charge in [-0.2, -0.15) is 5.10 Å². The zero-order valence-electron chi connectivity index (χ0n) is 8.58. The highest BCUT2D eigenvalue weighted by atomic mass is 15.3. The van der Waals surface area contributed by atoms with Crippen molar-refractivity contribution >= 4 is 0 Å². The number of rotatable bonds is 6. The lowest BCUT2D eigenvalue weighted by Crippen LogP contribution is -2.15. The number of nitrogens with one attached hydrogen (secondary N) is 1. The molecule has 0 aliphatic rings. The van der Waals surface area contributed by atoms with Crippen molar-refractivity contribution in [2.45, 2.75) is 32.7 Å². The highest BCUT2D eigenvalue weighted by molar-refractivity contribution is 4.97. The minimum Gasteiger partial charge on any atom is -0.311 e. The van der Waals surface area contributed by atoms with Gasteiger partial charge in [0, 0.05) is 19.8 Å². The van der Waals surface area contributed by atoms with Crippen LogP contribution in [-0.2, 0) is 13.6 Å². The first-order chi connectivity index (χ1) is 6.33. The zero-order valence-corrected chi connectivity index (χ0v) is 8.58. The second-order valence-electron chi connectivity index (χ2n) is 3.36. The number of unbranched alkanes of at least 4 members (excludes halogenated alkanes) is 2. The number of aryl methyl sites for hydroxylation is 1. The van der Waals surface area contributed by atoms with E-state index in [1.807, 2.05) is 24.0 Å². The van der Waals surface area contributed by atoms with Gasteiger partial charge in [0.05, 0.1) is 5.69 Å². The van der Waals surface area contributed by atoms with Crippen molar-refractivity contribution < 1.29 is 0 Å². The van der Waals surface area contributed by atoms with Crippen LogP contribution >= 0.6 is 0 Å². The van der Waals surface area contributed by atoms with Crippen LogP contribution in [0.4, 0.5) is 0 Å². The Labute approximate surface area is 80.1 Å². The molecule has 0 aromatic carbocycles. The largest absolute Gasteiger partial charge is 0.311 e. The topological polar surface area (TPSA) is 29.9 Å². The van der Waals surface area contributed by atoms with Crippen molar-refractivity contribution in [3.8, 4) is 0 Å². The molecule has 0 bridgehead atoms. The third-order valence-electron chi connectivity index (χ3n) is 2.03. The van der Waals surface area contributed by atoms with E-state index in [1.165, 1.54) is 19.3 Å². The van der Waals surface area contributed by atoms with Gasteiger partial charge in [0.25, 0.3) is 0 Å². The maximum Gasteiger partial charge on any atom is 0.0762 e. The molecule has 0 aliphatic carbocycles. The molecule has 0 aliphatic heterocycles. The van der Waals surface area contributed by atoms with Gasteiger partial charge in [-0.1, -0.05) is 19.8 Å². The van der Waals surface area contributed by atoms with E-state index in [0.717, 1.165) is 18.8 Å². The summed E-state index contributed by atoms with van der Waals surface area (Å²) in [6, 6.07) is 2.05. The van der Waals surface area contributed by atoms with E-state index in [2.05, 4.69) is 17.3 Å². The van der Waals surface area contributed by atoms with Crippen LogP contribution in [0.1, 0.15) is 31.9 Å². The predicted octanol–water partition coefficient (Wildman–Crippen LogP) is 1.70. The first-order valence-electron chi connectivity index (χ1n) is 5.02. The molecule has 1 N–H and O–H groups in total. The molecule has 0 spiro atoms. The Kier molecular flexibility index (Phi) is 4.54. The van der Waals surface area contributed by atoms with Gasteiger partial charge in [0.15, 0.2) is 0 Å². The lowest BCUT2D eigenvalue weighted by atomic mass is 10.2. The minimum atomic E-state index is 0.893. The predicted molar refractivity (Wildman–Crippen MR) is 54.4 cm³/mol. The summed E-state index contributed by atoms with van der Waals surface area (Å²) < 4.78 is 1.84. The summed E-state index contributed by atoms with van der Waals surface area (Å²) in [5, 5.41) is 7.66. The van der Waals surface area contributed by atoms with E-state index < -0.39 is 0 Å². The Morgan fingerprint density at radius 3 is 2.92 bits per heavy atom. The number of aromatic nitrogens is 2. The molecule has 74 valence electrons. The summed E-state index contributed by atoms with van der Waals surface area (Å²) in [6.07, 6.45) is 5.84. The molecule has 3 nitrogen and oxygen atoms in total. The van der Waals surface area contributed by atoms with E-state index in [0.29, 0.717) is 0 Å². The monoisotopic (exact) mass is 181 g/mol. The van der Waals surface area contributed by atoms with Gasteiger partial charge in [-0.15, -0.1) is 0 Å². The molecule has 0 saturated carbocycles. The smallest absolute Gasteiger partial charge is 0.0762 e. The molecule has 0 atom stereocenters. The summed E-state index contributed by atoms with van der Waals surface area (Å²) in [4.78, 5) is 0. The SMILES string of the molecule is CCCCCNCc1ccn(C)n1. The van der Waals surface area contributed by atoms with Crippen LogP contribution < -0.4 is 5.32 Å². The highest BCUT2D eigenvalue weighted by Crippen LogP contribution is 1.94. The van der Waals surface area contributed by atoms with Crippen LogP contribution in [0, 0.1) is 0 Å². The Balaban J connectivity index is 2.06. The maximum absolute atomic E-state index is 4.28. The summed E-state index contributed by atoms with van der Waals surface area (Å²) in [6.45, 7) is 4.22. The number of hydrogen-bond donors (Lipinski definition) is 1. The fourth-order valence-electron chi connectivity index (χ4n) is 1.27. The molecule has 1 aromatic rings. The quantitative estimate of drug-likeness (QED) is 0.677. The van der Waals surface area contributed by atoms with Gasteiger partial charge < -0.3 is 5.32 Å². The first-order valence-corrected chi connectivity index (χ1v) is 5.02. The van der Waals surface area contributed by atoms with Crippen molar-refractivity contribution in [3.63, 3.8) is 0 Å². The molecule has 1 rings (SSSR count). The van der Waals surface area contributed by atoms with Gasteiger partial charge in [-0.3, -0.25) is 4.68 Å². The average Bonchev–Trinajstić information content (AvgIpc) is 2.51. The molecule has 0 fully saturated rings. The zero-order chi connectivity index (χ0) is 9.52. The third-order valence-corrected chi connectivity index (χ3v) is 2.03. The second-order valence-corrected chi connectivity index (χ2v) is 3.36. The van der Waals surface area contributed by atoms with Crippen LogP contribution in [0.25, 0.3) is 0 Å². The van der Waals surface area contributed by atoms with Gasteiger partial charge in [-0.25, -0.2) is 0 Å². The second kappa shape index (κ2) is 5.75. The molecule has 13 heavy (non-hydrogen) atoms. The molecular formula is C10H19N3. The van der Waals surface area contributed by atoms with E-state index in [-0.39, 0.29) is 0 Å². The van der Waals surface area contributed by atoms with Crippen LogP contribution in [0.15, 0.2) is 12.3 Å². The Hall–Kier alpha value is -0.830. The van der Waals surface area contributed by atoms with Crippen LogP contribution in [0.3, 0.4) is 0 Å².